The van der Waals surface area contributed by atoms with Gasteiger partial charge in [-0.05, 0) is 55.2 Å². The minimum atomic E-state index is 0.0498. The van der Waals surface area contributed by atoms with Crippen LogP contribution in [-0.4, -0.2) is 22.5 Å². The van der Waals surface area contributed by atoms with E-state index in [0.717, 1.165) is 52.5 Å². The first-order chi connectivity index (χ1) is 13.8. The molecule has 2 aromatic carbocycles. The number of amides is 2. The molecule has 1 saturated heterocycles. The van der Waals surface area contributed by atoms with Crippen molar-refractivity contribution in [2.45, 2.75) is 35.1 Å². The van der Waals surface area contributed by atoms with E-state index in [4.69, 9.17) is 0 Å². The number of rotatable bonds is 1. The van der Waals surface area contributed by atoms with Gasteiger partial charge in [0.15, 0.2) is 0 Å². The number of piperidine rings is 1. The molecule has 5 rings (SSSR count). The summed E-state index contributed by atoms with van der Waals surface area (Å²) in [6, 6.07) is 20.5. The summed E-state index contributed by atoms with van der Waals surface area (Å²) in [4.78, 5) is 24.3. The van der Waals surface area contributed by atoms with Gasteiger partial charge >= 0.3 is 6.03 Å². The number of anilines is 2. The average molecular weight is 388 g/mol. The van der Waals surface area contributed by atoms with E-state index in [-0.39, 0.29) is 12.1 Å². The summed E-state index contributed by atoms with van der Waals surface area (Å²) in [5, 5.41) is 0. The minimum absolute atomic E-state index is 0.0498. The lowest BCUT2D eigenvalue weighted by Gasteiger charge is -2.41. The zero-order valence-corrected chi connectivity index (χ0v) is 16.3. The Hall–Kier alpha value is -2.79. The smallest absolute Gasteiger partial charge is 0.317 e. The van der Waals surface area contributed by atoms with Crippen LogP contribution in [0.5, 0.6) is 0 Å². The van der Waals surface area contributed by atoms with Gasteiger partial charge in [0.25, 0.3) is 0 Å². The van der Waals surface area contributed by atoms with Crippen LogP contribution < -0.4 is 4.90 Å². The number of nitrogens with zero attached hydrogens (tertiary/aromatic N) is 3. The van der Waals surface area contributed by atoms with E-state index in [1.165, 1.54) is 0 Å². The third kappa shape index (κ3) is 2.96. The van der Waals surface area contributed by atoms with E-state index >= 15 is 0 Å². The van der Waals surface area contributed by atoms with Crippen molar-refractivity contribution in [3.8, 4) is 0 Å². The number of aromatic nitrogens is 1. The molecule has 0 aliphatic carbocycles. The van der Waals surface area contributed by atoms with Crippen molar-refractivity contribution in [3.63, 3.8) is 0 Å². The highest BCUT2D eigenvalue weighted by molar-refractivity contribution is 7.99. The molecule has 5 heteroatoms. The molecule has 28 heavy (non-hydrogen) atoms. The fourth-order valence-electron chi connectivity index (χ4n) is 4.12. The summed E-state index contributed by atoms with van der Waals surface area (Å²) in [7, 11) is 0. The summed E-state index contributed by atoms with van der Waals surface area (Å²) in [6.07, 6.45) is 6.82. The molecule has 3 heterocycles. The predicted molar refractivity (Wildman–Crippen MR) is 112 cm³/mol. The van der Waals surface area contributed by atoms with Crippen LogP contribution in [0.25, 0.3) is 0 Å². The summed E-state index contributed by atoms with van der Waals surface area (Å²) in [5.41, 5.74) is 3.04. The van der Waals surface area contributed by atoms with E-state index in [1.807, 2.05) is 58.5 Å². The molecule has 2 aliphatic rings. The summed E-state index contributed by atoms with van der Waals surface area (Å²) in [6.45, 7) is 0.770. The number of fused-ring (bicyclic) bond motifs is 2. The number of para-hydroxylation sites is 2. The van der Waals surface area contributed by atoms with E-state index in [9.17, 15) is 4.79 Å². The molecule has 2 aliphatic heterocycles. The Kier molecular flexibility index (Phi) is 4.53. The lowest BCUT2D eigenvalue weighted by molar-refractivity contribution is 0.159. The van der Waals surface area contributed by atoms with Gasteiger partial charge in [-0.1, -0.05) is 42.1 Å². The second kappa shape index (κ2) is 7.32. The van der Waals surface area contributed by atoms with Crippen LogP contribution in [0.1, 0.15) is 30.9 Å². The van der Waals surface area contributed by atoms with Gasteiger partial charge in [0.2, 0.25) is 0 Å². The van der Waals surface area contributed by atoms with Crippen molar-refractivity contribution in [2.75, 3.05) is 11.4 Å². The van der Waals surface area contributed by atoms with Crippen LogP contribution in [0.3, 0.4) is 0 Å². The molecule has 1 aromatic heterocycles. The fraction of sp³-hybridized carbons (Fsp3) is 0.217. The van der Waals surface area contributed by atoms with Crippen LogP contribution in [0.4, 0.5) is 16.2 Å². The summed E-state index contributed by atoms with van der Waals surface area (Å²) < 4.78 is 0. The number of likely N-dealkylation sites (tertiary alicyclic amines) is 1. The Balaban J connectivity index is 1.58. The Bertz CT molecular complexity index is 962. The quantitative estimate of drug-likeness (QED) is 0.511. The molecular formula is C23H21N3OS. The standard InChI is InChI=1S/C23H21N3OS/c27-23(25-15-6-5-9-18(25)17-8-7-14-24-16-17)26-19-10-1-3-12-21(19)28-22-13-4-2-11-20(22)26/h1-4,7-8,10-14,16,18H,5-6,9,15H2. The molecule has 0 spiro atoms. The van der Waals surface area contributed by atoms with Gasteiger partial charge in [-0.25, -0.2) is 4.79 Å². The van der Waals surface area contributed by atoms with Crippen molar-refractivity contribution in [3.05, 3.63) is 78.6 Å². The number of benzene rings is 2. The lowest BCUT2D eigenvalue weighted by Crippen LogP contribution is -2.46. The predicted octanol–water partition coefficient (Wildman–Crippen LogP) is 6.03. The number of hydrogen-bond donors (Lipinski definition) is 0. The Morgan fingerprint density at radius 2 is 1.64 bits per heavy atom. The number of urea groups is 1. The Labute approximate surface area is 169 Å². The maximum absolute atomic E-state index is 13.9. The number of hydrogen-bond acceptors (Lipinski definition) is 3. The van der Waals surface area contributed by atoms with Gasteiger partial charge in [0.1, 0.15) is 0 Å². The van der Waals surface area contributed by atoms with Gasteiger partial charge in [-0.15, -0.1) is 0 Å². The minimum Gasteiger partial charge on any atom is -0.317 e. The first-order valence-electron chi connectivity index (χ1n) is 9.69. The first-order valence-corrected chi connectivity index (χ1v) is 10.5. The third-order valence-corrected chi connectivity index (χ3v) is 6.57. The molecule has 1 unspecified atom stereocenters. The maximum atomic E-state index is 13.9. The fourth-order valence-corrected chi connectivity index (χ4v) is 5.18. The molecule has 2 amide bonds. The van der Waals surface area contributed by atoms with Gasteiger partial charge in [0.05, 0.1) is 17.4 Å². The molecule has 1 fully saturated rings. The molecule has 3 aromatic rings. The van der Waals surface area contributed by atoms with Crippen molar-refractivity contribution in [1.29, 1.82) is 0 Å². The van der Waals surface area contributed by atoms with Crippen LogP contribution in [0.2, 0.25) is 0 Å². The second-order valence-corrected chi connectivity index (χ2v) is 8.23. The average Bonchev–Trinajstić information content (AvgIpc) is 2.77. The SMILES string of the molecule is O=C(N1c2ccccc2Sc2ccccc21)N1CCCCC1c1cccnc1. The van der Waals surface area contributed by atoms with E-state index in [2.05, 4.69) is 23.2 Å². The first kappa shape index (κ1) is 17.3. The molecule has 0 N–H and O–H groups in total. The monoisotopic (exact) mass is 387 g/mol. The highest BCUT2D eigenvalue weighted by Crippen LogP contribution is 2.49. The molecule has 0 saturated carbocycles. The molecule has 140 valence electrons. The molecule has 0 bridgehead atoms. The normalized spacial score (nSPS) is 18.4. The Morgan fingerprint density at radius 1 is 0.929 bits per heavy atom. The van der Waals surface area contributed by atoms with E-state index in [1.54, 1.807) is 18.0 Å². The van der Waals surface area contributed by atoms with Gasteiger partial charge in [-0.3, -0.25) is 9.88 Å². The highest BCUT2D eigenvalue weighted by atomic mass is 32.2. The zero-order valence-electron chi connectivity index (χ0n) is 15.5. The molecule has 0 radical (unpaired) electrons. The van der Waals surface area contributed by atoms with Crippen LogP contribution >= 0.6 is 11.8 Å². The van der Waals surface area contributed by atoms with Crippen molar-refractivity contribution in [1.82, 2.24) is 9.88 Å². The van der Waals surface area contributed by atoms with Crippen LogP contribution in [0.15, 0.2) is 82.8 Å². The number of pyridine rings is 1. The summed E-state index contributed by atoms with van der Waals surface area (Å²) >= 11 is 1.73. The lowest BCUT2D eigenvalue weighted by atomic mass is 9.96. The van der Waals surface area contributed by atoms with Crippen molar-refractivity contribution in [2.24, 2.45) is 0 Å². The topological polar surface area (TPSA) is 36.4 Å². The number of carbonyl (C=O) groups excluding carboxylic acids is 1. The van der Waals surface area contributed by atoms with Crippen molar-refractivity contribution < 1.29 is 4.79 Å². The highest BCUT2D eigenvalue weighted by Gasteiger charge is 2.35. The zero-order chi connectivity index (χ0) is 18.9. The van der Waals surface area contributed by atoms with Gasteiger partial charge in [0, 0.05) is 28.7 Å². The van der Waals surface area contributed by atoms with Crippen LogP contribution in [0, 0.1) is 0 Å². The molecule has 4 nitrogen and oxygen atoms in total. The van der Waals surface area contributed by atoms with E-state index < -0.39 is 0 Å². The largest absolute Gasteiger partial charge is 0.329 e. The second-order valence-electron chi connectivity index (χ2n) is 7.15. The van der Waals surface area contributed by atoms with Crippen molar-refractivity contribution >= 4 is 29.2 Å². The maximum Gasteiger partial charge on any atom is 0.329 e. The van der Waals surface area contributed by atoms with Gasteiger partial charge < -0.3 is 4.90 Å². The number of carbonyl (C=O) groups is 1. The third-order valence-electron chi connectivity index (χ3n) is 5.44. The van der Waals surface area contributed by atoms with E-state index in [0.29, 0.717) is 0 Å². The molecular weight excluding hydrogens is 366 g/mol. The van der Waals surface area contributed by atoms with Crippen LogP contribution in [-0.2, 0) is 0 Å². The van der Waals surface area contributed by atoms with Gasteiger partial charge in [-0.2, -0.15) is 0 Å². The summed E-state index contributed by atoms with van der Waals surface area (Å²) in [5.74, 6) is 0. The Morgan fingerprint density at radius 3 is 2.32 bits per heavy atom. The molecule has 1 atom stereocenters.